The number of benzene rings is 1. The third-order valence-corrected chi connectivity index (χ3v) is 3.33. The van der Waals surface area contributed by atoms with Crippen LogP contribution in [0.4, 0.5) is 17.2 Å². The van der Waals surface area contributed by atoms with Crippen LogP contribution in [0.3, 0.4) is 0 Å². The highest BCUT2D eigenvalue weighted by Gasteiger charge is 2.05. The number of rotatable bonds is 2. The second-order valence-corrected chi connectivity index (χ2v) is 5.22. The van der Waals surface area contributed by atoms with Crippen LogP contribution >= 0.6 is 22.6 Å². The Labute approximate surface area is 115 Å². The number of anilines is 3. The lowest BCUT2D eigenvalue weighted by Crippen LogP contribution is -2.02. The summed E-state index contributed by atoms with van der Waals surface area (Å²) in [6.45, 7) is 4.04. The van der Waals surface area contributed by atoms with Gasteiger partial charge in [0.2, 0.25) is 0 Å². The van der Waals surface area contributed by atoms with Gasteiger partial charge in [0.05, 0.1) is 5.69 Å². The third kappa shape index (κ3) is 2.69. The largest absolute Gasteiger partial charge is 0.396 e. The maximum atomic E-state index is 5.99. The molecule has 2 aromatic rings. The Kier molecular flexibility index (Phi) is 3.51. The maximum Gasteiger partial charge on any atom is 0.153 e. The van der Waals surface area contributed by atoms with Crippen molar-refractivity contribution in [1.29, 1.82) is 0 Å². The van der Waals surface area contributed by atoms with Crippen molar-refractivity contribution < 1.29 is 0 Å². The molecule has 0 atom stereocenters. The second-order valence-electron chi connectivity index (χ2n) is 3.97. The van der Waals surface area contributed by atoms with Gasteiger partial charge < -0.3 is 11.1 Å². The van der Waals surface area contributed by atoms with Crippen LogP contribution in [0.15, 0.2) is 30.5 Å². The van der Waals surface area contributed by atoms with Gasteiger partial charge in [0.1, 0.15) is 0 Å². The highest BCUT2D eigenvalue weighted by atomic mass is 127. The van der Waals surface area contributed by atoms with Gasteiger partial charge in [0.15, 0.2) is 5.82 Å². The fourth-order valence-electron chi connectivity index (χ4n) is 1.53. The van der Waals surface area contributed by atoms with Gasteiger partial charge in [-0.05, 0) is 65.8 Å². The summed E-state index contributed by atoms with van der Waals surface area (Å²) in [7, 11) is 0. The van der Waals surface area contributed by atoms with E-state index in [1.54, 1.807) is 6.20 Å². The van der Waals surface area contributed by atoms with Gasteiger partial charge >= 0.3 is 0 Å². The van der Waals surface area contributed by atoms with Crippen molar-refractivity contribution in [1.82, 2.24) is 4.98 Å². The number of hydrogen-bond acceptors (Lipinski definition) is 3. The summed E-state index contributed by atoms with van der Waals surface area (Å²) in [6.07, 6.45) is 1.76. The molecule has 3 N–H and O–H groups in total. The zero-order chi connectivity index (χ0) is 12.4. The summed E-state index contributed by atoms with van der Waals surface area (Å²) in [4.78, 5) is 4.27. The van der Waals surface area contributed by atoms with E-state index < -0.39 is 0 Å². The van der Waals surface area contributed by atoms with Crippen LogP contribution in [0.25, 0.3) is 0 Å². The van der Waals surface area contributed by atoms with Crippen LogP contribution in [0.5, 0.6) is 0 Å². The zero-order valence-corrected chi connectivity index (χ0v) is 11.9. The minimum Gasteiger partial charge on any atom is -0.396 e. The predicted molar refractivity (Wildman–Crippen MR) is 80.6 cm³/mol. The Morgan fingerprint density at radius 1 is 1.18 bits per heavy atom. The summed E-state index contributed by atoms with van der Waals surface area (Å²) in [5.74, 6) is 0.718. The number of nitrogen functional groups attached to an aromatic ring is 1. The lowest BCUT2D eigenvalue weighted by atomic mass is 10.2. The molecular formula is C13H14IN3. The number of aryl methyl sites for hydroxylation is 2. The normalized spacial score (nSPS) is 10.3. The molecule has 4 heteroatoms. The van der Waals surface area contributed by atoms with Gasteiger partial charge in [0, 0.05) is 15.5 Å². The highest BCUT2D eigenvalue weighted by Crippen LogP contribution is 2.26. The summed E-state index contributed by atoms with van der Waals surface area (Å²) in [5.41, 5.74) is 9.94. The molecule has 1 heterocycles. The van der Waals surface area contributed by atoms with E-state index in [-0.39, 0.29) is 0 Å². The molecule has 0 spiro atoms. The molecule has 0 radical (unpaired) electrons. The van der Waals surface area contributed by atoms with Gasteiger partial charge in [-0.2, -0.15) is 0 Å². The van der Waals surface area contributed by atoms with Crippen LogP contribution in [0, 0.1) is 17.4 Å². The minimum absolute atomic E-state index is 0.700. The minimum atomic E-state index is 0.700. The second kappa shape index (κ2) is 4.91. The van der Waals surface area contributed by atoms with Gasteiger partial charge in [-0.1, -0.05) is 6.07 Å². The molecule has 88 valence electrons. The van der Waals surface area contributed by atoms with E-state index in [1.807, 2.05) is 13.0 Å². The van der Waals surface area contributed by atoms with Gasteiger partial charge in [-0.15, -0.1) is 0 Å². The Morgan fingerprint density at radius 3 is 2.71 bits per heavy atom. The van der Waals surface area contributed by atoms with Crippen molar-refractivity contribution in [2.75, 3.05) is 11.1 Å². The molecule has 0 unspecified atom stereocenters. The molecule has 0 fully saturated rings. The Bertz CT molecular complexity index is 552. The number of hydrogen-bond donors (Lipinski definition) is 2. The first-order valence-corrected chi connectivity index (χ1v) is 6.40. The quantitative estimate of drug-likeness (QED) is 0.822. The average molecular weight is 339 g/mol. The Morgan fingerprint density at radius 2 is 1.94 bits per heavy atom. The smallest absolute Gasteiger partial charge is 0.153 e. The molecule has 0 bridgehead atoms. The van der Waals surface area contributed by atoms with E-state index in [0.717, 1.165) is 17.1 Å². The molecule has 0 saturated carbocycles. The molecule has 0 aliphatic heterocycles. The van der Waals surface area contributed by atoms with Crippen molar-refractivity contribution in [3.63, 3.8) is 0 Å². The summed E-state index contributed by atoms with van der Waals surface area (Å²) in [6, 6.07) is 8.14. The number of nitrogens with two attached hydrogens (primary N) is 1. The first kappa shape index (κ1) is 12.2. The van der Waals surface area contributed by atoms with Crippen molar-refractivity contribution >= 4 is 39.8 Å². The third-order valence-electron chi connectivity index (χ3n) is 2.66. The maximum absolute atomic E-state index is 5.99. The van der Waals surface area contributed by atoms with E-state index in [4.69, 9.17) is 5.73 Å². The number of pyridine rings is 1. The van der Waals surface area contributed by atoms with Crippen molar-refractivity contribution in [2.24, 2.45) is 0 Å². The first-order valence-electron chi connectivity index (χ1n) is 5.32. The summed E-state index contributed by atoms with van der Waals surface area (Å²) < 4.78 is 1.18. The molecule has 0 saturated heterocycles. The molecule has 0 aliphatic carbocycles. The van der Waals surface area contributed by atoms with Crippen LogP contribution < -0.4 is 11.1 Å². The average Bonchev–Trinajstić information content (AvgIpc) is 2.30. The van der Waals surface area contributed by atoms with Gasteiger partial charge in [-0.25, -0.2) is 4.98 Å². The molecular weight excluding hydrogens is 325 g/mol. The first-order chi connectivity index (χ1) is 8.08. The van der Waals surface area contributed by atoms with E-state index in [1.165, 1.54) is 9.13 Å². The van der Waals surface area contributed by atoms with Crippen molar-refractivity contribution in [2.45, 2.75) is 13.8 Å². The molecule has 1 aromatic heterocycles. The fourth-order valence-corrected chi connectivity index (χ4v) is 2.02. The summed E-state index contributed by atoms with van der Waals surface area (Å²) in [5, 5.41) is 3.28. The van der Waals surface area contributed by atoms with Crippen LogP contribution in [0.2, 0.25) is 0 Å². The topological polar surface area (TPSA) is 50.9 Å². The fraction of sp³-hybridized carbons (Fsp3) is 0.154. The number of aromatic nitrogens is 1. The molecule has 0 amide bonds. The molecule has 17 heavy (non-hydrogen) atoms. The Balaban J connectivity index is 2.38. The number of nitrogens with zero attached hydrogens (tertiary/aromatic N) is 1. The predicted octanol–water partition coefficient (Wildman–Crippen LogP) is 3.63. The molecule has 0 aliphatic rings. The van der Waals surface area contributed by atoms with Crippen molar-refractivity contribution in [3.05, 3.63) is 45.2 Å². The van der Waals surface area contributed by atoms with E-state index in [2.05, 4.69) is 58.0 Å². The summed E-state index contributed by atoms with van der Waals surface area (Å²) >= 11 is 2.29. The standard InChI is InChI=1S/C13H14IN3/c1-8-3-4-10(14)7-11(8)17-13-12(15)9(2)5-6-16-13/h3-7H,15H2,1-2H3,(H,16,17). The SMILES string of the molecule is Cc1ccc(I)cc1Nc1nccc(C)c1N. The highest BCUT2D eigenvalue weighted by molar-refractivity contribution is 14.1. The van der Waals surface area contributed by atoms with Crippen molar-refractivity contribution in [3.8, 4) is 0 Å². The van der Waals surface area contributed by atoms with Crippen LogP contribution in [-0.4, -0.2) is 4.98 Å². The van der Waals surface area contributed by atoms with E-state index in [9.17, 15) is 0 Å². The monoisotopic (exact) mass is 339 g/mol. The lowest BCUT2D eigenvalue weighted by molar-refractivity contribution is 1.27. The number of halogens is 1. The van der Waals surface area contributed by atoms with E-state index >= 15 is 0 Å². The number of nitrogens with one attached hydrogen (secondary N) is 1. The van der Waals surface area contributed by atoms with Crippen LogP contribution in [0.1, 0.15) is 11.1 Å². The molecule has 1 aromatic carbocycles. The zero-order valence-electron chi connectivity index (χ0n) is 9.79. The molecule has 2 rings (SSSR count). The van der Waals surface area contributed by atoms with Gasteiger partial charge in [-0.3, -0.25) is 0 Å². The van der Waals surface area contributed by atoms with Crippen LogP contribution in [-0.2, 0) is 0 Å². The molecule has 3 nitrogen and oxygen atoms in total. The van der Waals surface area contributed by atoms with E-state index in [0.29, 0.717) is 5.69 Å². The van der Waals surface area contributed by atoms with Gasteiger partial charge in [0.25, 0.3) is 0 Å². The Hall–Kier alpha value is -1.30. The lowest BCUT2D eigenvalue weighted by Gasteiger charge is -2.12.